The first kappa shape index (κ1) is 16.2. The molecule has 1 unspecified atom stereocenters. The number of aryl methyl sites for hydroxylation is 1. The maximum absolute atomic E-state index is 14.0. The highest BCUT2D eigenvalue weighted by molar-refractivity contribution is 5.99. The first-order valence-electron chi connectivity index (χ1n) is 7.90. The van der Waals surface area contributed by atoms with Crippen molar-refractivity contribution in [1.82, 2.24) is 4.90 Å². The number of hydrogen-bond donors (Lipinski definition) is 1. The van der Waals surface area contributed by atoms with Crippen LogP contribution >= 0.6 is 0 Å². The average molecular weight is 326 g/mol. The normalized spacial score (nSPS) is 15.8. The van der Waals surface area contributed by atoms with Crippen molar-refractivity contribution in [2.45, 2.75) is 18.8 Å². The summed E-state index contributed by atoms with van der Waals surface area (Å²) in [5.74, 6) is -1.53. The molecule has 4 nitrogen and oxygen atoms in total. The van der Waals surface area contributed by atoms with Gasteiger partial charge in [-0.15, -0.1) is 0 Å². The zero-order valence-corrected chi connectivity index (χ0v) is 13.5. The third-order valence-corrected chi connectivity index (χ3v) is 4.58. The molecule has 3 rings (SSSR count). The van der Waals surface area contributed by atoms with Crippen molar-refractivity contribution in [1.29, 1.82) is 0 Å². The van der Waals surface area contributed by atoms with Crippen LogP contribution in [0.25, 0.3) is 0 Å². The highest BCUT2D eigenvalue weighted by Gasteiger charge is 2.26. The second kappa shape index (κ2) is 6.43. The number of rotatable bonds is 4. The molecule has 0 saturated heterocycles. The van der Waals surface area contributed by atoms with Gasteiger partial charge in [-0.2, -0.15) is 0 Å². The molecular weight excluding hydrogens is 307 g/mol. The standard InChI is InChI=1S/C19H19FN2O2/c1-22(11-14-7-6-12-4-2-3-5-15(12)14)19(24)16-10-13(18(21)23)8-9-17(16)20/h2-5,8-10,14H,6-7,11H2,1H3,(H2,21,23). The molecule has 0 heterocycles. The Morgan fingerprint density at radius 1 is 1.25 bits per heavy atom. The largest absolute Gasteiger partial charge is 0.366 e. The number of hydrogen-bond acceptors (Lipinski definition) is 2. The Morgan fingerprint density at radius 2 is 2.00 bits per heavy atom. The van der Waals surface area contributed by atoms with Gasteiger partial charge in [-0.05, 0) is 42.2 Å². The van der Waals surface area contributed by atoms with E-state index in [0.717, 1.165) is 18.9 Å². The molecule has 24 heavy (non-hydrogen) atoms. The smallest absolute Gasteiger partial charge is 0.256 e. The van der Waals surface area contributed by atoms with Crippen molar-refractivity contribution in [3.63, 3.8) is 0 Å². The van der Waals surface area contributed by atoms with Crippen LogP contribution in [0.5, 0.6) is 0 Å². The van der Waals surface area contributed by atoms with Crippen molar-refractivity contribution < 1.29 is 14.0 Å². The van der Waals surface area contributed by atoms with Crippen molar-refractivity contribution in [2.75, 3.05) is 13.6 Å². The number of carbonyl (C=O) groups excluding carboxylic acids is 2. The van der Waals surface area contributed by atoms with Crippen LogP contribution in [0.1, 0.15) is 44.2 Å². The van der Waals surface area contributed by atoms with E-state index in [0.29, 0.717) is 6.54 Å². The Hall–Kier alpha value is -2.69. The SMILES string of the molecule is CN(CC1CCc2ccccc21)C(=O)c1cc(C(N)=O)ccc1F. The lowest BCUT2D eigenvalue weighted by molar-refractivity contribution is 0.0781. The third-order valence-electron chi connectivity index (χ3n) is 4.58. The van der Waals surface area contributed by atoms with Gasteiger partial charge < -0.3 is 10.6 Å². The minimum absolute atomic E-state index is 0.124. The van der Waals surface area contributed by atoms with E-state index in [4.69, 9.17) is 5.73 Å². The first-order chi connectivity index (χ1) is 11.5. The predicted molar refractivity (Wildman–Crippen MR) is 89.4 cm³/mol. The zero-order chi connectivity index (χ0) is 17.3. The van der Waals surface area contributed by atoms with Gasteiger partial charge in [0.15, 0.2) is 0 Å². The summed E-state index contributed by atoms with van der Waals surface area (Å²) in [6, 6.07) is 11.8. The maximum Gasteiger partial charge on any atom is 0.256 e. The summed E-state index contributed by atoms with van der Waals surface area (Å²) in [6.07, 6.45) is 1.97. The molecule has 0 saturated carbocycles. The zero-order valence-electron chi connectivity index (χ0n) is 13.5. The molecule has 1 aliphatic rings. The van der Waals surface area contributed by atoms with Crippen LogP contribution in [-0.4, -0.2) is 30.3 Å². The summed E-state index contributed by atoms with van der Waals surface area (Å²) in [5.41, 5.74) is 7.77. The lowest BCUT2D eigenvalue weighted by atomic mass is 10.0. The quantitative estimate of drug-likeness (QED) is 0.939. The topological polar surface area (TPSA) is 63.4 Å². The van der Waals surface area contributed by atoms with Crippen LogP contribution in [0.4, 0.5) is 4.39 Å². The van der Waals surface area contributed by atoms with E-state index in [2.05, 4.69) is 12.1 Å². The molecule has 0 bridgehead atoms. The van der Waals surface area contributed by atoms with Crippen LogP contribution in [0.2, 0.25) is 0 Å². The van der Waals surface area contributed by atoms with E-state index in [-0.39, 0.29) is 17.0 Å². The fourth-order valence-corrected chi connectivity index (χ4v) is 3.30. The molecule has 0 radical (unpaired) electrons. The molecule has 1 atom stereocenters. The summed E-state index contributed by atoms with van der Waals surface area (Å²) in [6.45, 7) is 0.510. The first-order valence-corrected chi connectivity index (χ1v) is 7.90. The van der Waals surface area contributed by atoms with Gasteiger partial charge in [0.1, 0.15) is 5.82 Å². The number of amides is 2. The van der Waals surface area contributed by atoms with E-state index < -0.39 is 17.6 Å². The summed E-state index contributed by atoms with van der Waals surface area (Å²) < 4.78 is 14.0. The van der Waals surface area contributed by atoms with Gasteiger partial charge in [0.05, 0.1) is 5.56 Å². The third kappa shape index (κ3) is 3.02. The number of carbonyl (C=O) groups is 2. The van der Waals surface area contributed by atoms with Gasteiger partial charge in [0, 0.05) is 25.1 Å². The van der Waals surface area contributed by atoms with E-state index in [1.807, 2.05) is 12.1 Å². The number of fused-ring (bicyclic) bond motifs is 1. The molecule has 2 amide bonds. The van der Waals surface area contributed by atoms with Gasteiger partial charge in [0.25, 0.3) is 5.91 Å². The van der Waals surface area contributed by atoms with Crippen LogP contribution in [0, 0.1) is 5.82 Å². The molecule has 0 aromatic heterocycles. The molecule has 2 aromatic rings. The van der Waals surface area contributed by atoms with Gasteiger partial charge in [-0.1, -0.05) is 24.3 Å². The van der Waals surface area contributed by atoms with Crippen LogP contribution in [0.15, 0.2) is 42.5 Å². The fourth-order valence-electron chi connectivity index (χ4n) is 3.30. The molecule has 1 aliphatic carbocycles. The van der Waals surface area contributed by atoms with Crippen molar-refractivity contribution in [2.24, 2.45) is 5.73 Å². The van der Waals surface area contributed by atoms with Crippen LogP contribution in [-0.2, 0) is 6.42 Å². The average Bonchev–Trinajstić information content (AvgIpc) is 2.97. The van der Waals surface area contributed by atoms with Gasteiger partial charge in [-0.3, -0.25) is 9.59 Å². The molecule has 0 spiro atoms. The second-order valence-electron chi connectivity index (χ2n) is 6.18. The van der Waals surface area contributed by atoms with Crippen molar-refractivity contribution >= 4 is 11.8 Å². The number of benzene rings is 2. The predicted octanol–water partition coefficient (Wildman–Crippen LogP) is 2.73. The summed E-state index contributed by atoms with van der Waals surface area (Å²) in [7, 11) is 1.65. The lowest BCUT2D eigenvalue weighted by Gasteiger charge is -2.22. The Bertz CT molecular complexity index is 804. The van der Waals surface area contributed by atoms with Gasteiger partial charge in [0.2, 0.25) is 5.91 Å². The molecule has 5 heteroatoms. The highest BCUT2D eigenvalue weighted by Crippen LogP contribution is 2.33. The van der Waals surface area contributed by atoms with Crippen molar-refractivity contribution in [3.8, 4) is 0 Å². The molecule has 0 aliphatic heterocycles. The number of nitrogens with two attached hydrogens (primary N) is 1. The monoisotopic (exact) mass is 326 g/mol. The number of primary amides is 1. The Morgan fingerprint density at radius 3 is 2.75 bits per heavy atom. The number of likely N-dealkylation sites (N-methyl/N-ethyl adjacent to an activating group) is 1. The molecule has 124 valence electrons. The van der Waals surface area contributed by atoms with Crippen molar-refractivity contribution in [3.05, 3.63) is 70.5 Å². The number of nitrogens with zero attached hydrogens (tertiary/aromatic N) is 1. The fraction of sp³-hybridized carbons (Fsp3) is 0.263. The number of halogens is 1. The van der Waals surface area contributed by atoms with E-state index in [9.17, 15) is 14.0 Å². The van der Waals surface area contributed by atoms with E-state index in [1.165, 1.54) is 28.2 Å². The van der Waals surface area contributed by atoms with Gasteiger partial charge in [-0.25, -0.2) is 4.39 Å². The minimum Gasteiger partial charge on any atom is -0.366 e. The summed E-state index contributed by atoms with van der Waals surface area (Å²) >= 11 is 0. The van der Waals surface area contributed by atoms with E-state index in [1.54, 1.807) is 7.05 Å². The molecule has 2 N–H and O–H groups in total. The Labute approximate surface area is 140 Å². The Balaban J connectivity index is 1.79. The maximum atomic E-state index is 14.0. The second-order valence-corrected chi connectivity index (χ2v) is 6.18. The summed E-state index contributed by atoms with van der Waals surface area (Å²) in [5, 5.41) is 0. The summed E-state index contributed by atoms with van der Waals surface area (Å²) in [4.78, 5) is 25.3. The van der Waals surface area contributed by atoms with Crippen LogP contribution in [0.3, 0.4) is 0 Å². The van der Waals surface area contributed by atoms with E-state index >= 15 is 0 Å². The lowest BCUT2D eigenvalue weighted by Crippen LogP contribution is -2.31. The minimum atomic E-state index is -0.684. The molecule has 0 fully saturated rings. The van der Waals surface area contributed by atoms with Gasteiger partial charge >= 0.3 is 0 Å². The molecular formula is C19H19FN2O2. The highest BCUT2D eigenvalue weighted by atomic mass is 19.1. The Kier molecular flexibility index (Phi) is 4.34. The van der Waals surface area contributed by atoms with Crippen LogP contribution < -0.4 is 5.73 Å². The molecule has 2 aromatic carbocycles.